The smallest absolute Gasteiger partial charge is 0.216 e. The van der Waals surface area contributed by atoms with Crippen molar-refractivity contribution in [2.24, 2.45) is 0 Å². The third-order valence-corrected chi connectivity index (χ3v) is 4.33. The number of rotatable bonds is 4. The summed E-state index contributed by atoms with van der Waals surface area (Å²) in [5.74, 6) is 0.820. The summed E-state index contributed by atoms with van der Waals surface area (Å²) < 4.78 is 2.47. The van der Waals surface area contributed by atoms with E-state index in [-0.39, 0.29) is 0 Å². The maximum absolute atomic E-state index is 5.37. The van der Waals surface area contributed by atoms with Crippen LogP contribution in [-0.2, 0) is 6.54 Å². The lowest BCUT2D eigenvalue weighted by Gasteiger charge is -2.04. The van der Waals surface area contributed by atoms with E-state index in [9.17, 15) is 0 Å². The molecule has 3 nitrogen and oxygen atoms in total. The van der Waals surface area contributed by atoms with Gasteiger partial charge in [-0.25, -0.2) is 0 Å². The van der Waals surface area contributed by atoms with Crippen molar-refractivity contribution in [2.45, 2.75) is 11.4 Å². The first kappa shape index (κ1) is 14.1. The average molecular weight is 313 g/mol. The summed E-state index contributed by atoms with van der Waals surface area (Å²) in [6, 6.07) is 18.4. The molecule has 5 heteroatoms. The van der Waals surface area contributed by atoms with Crippen molar-refractivity contribution in [1.29, 1.82) is 0 Å². The lowest BCUT2D eigenvalue weighted by Crippen LogP contribution is -2.01. The van der Waals surface area contributed by atoms with Gasteiger partial charge in [0.15, 0.2) is 5.82 Å². The van der Waals surface area contributed by atoms with Crippen LogP contribution >= 0.6 is 24.0 Å². The van der Waals surface area contributed by atoms with Gasteiger partial charge in [-0.1, -0.05) is 48.5 Å². The summed E-state index contributed by atoms with van der Waals surface area (Å²) >= 11 is 7.07. The van der Waals surface area contributed by atoms with E-state index >= 15 is 0 Å². The minimum absolute atomic E-state index is 0.574. The highest BCUT2D eigenvalue weighted by atomic mass is 32.2. The van der Waals surface area contributed by atoms with Crippen molar-refractivity contribution in [1.82, 2.24) is 14.8 Å². The number of nitrogens with one attached hydrogen (secondary N) is 1. The molecule has 21 heavy (non-hydrogen) atoms. The van der Waals surface area contributed by atoms with Gasteiger partial charge in [-0.05, 0) is 30.1 Å². The van der Waals surface area contributed by atoms with Gasteiger partial charge in [-0.2, -0.15) is 4.98 Å². The van der Waals surface area contributed by atoms with Gasteiger partial charge in [0.2, 0.25) is 4.77 Å². The highest BCUT2D eigenvalue weighted by molar-refractivity contribution is 7.98. The maximum Gasteiger partial charge on any atom is 0.216 e. The van der Waals surface area contributed by atoms with Gasteiger partial charge in [0.1, 0.15) is 0 Å². The fraction of sp³-hybridized carbons (Fsp3) is 0.125. The molecule has 1 heterocycles. The number of hydrogen-bond acceptors (Lipinski definition) is 3. The summed E-state index contributed by atoms with van der Waals surface area (Å²) in [6.07, 6.45) is 2.06. The number of thioether (sulfide) groups is 1. The number of aromatic amines is 1. The second-order valence-electron chi connectivity index (χ2n) is 4.63. The quantitative estimate of drug-likeness (QED) is 0.573. The minimum atomic E-state index is 0.574. The van der Waals surface area contributed by atoms with Crippen LogP contribution in [0, 0.1) is 4.77 Å². The van der Waals surface area contributed by atoms with Crippen LogP contribution in [0.15, 0.2) is 59.5 Å². The van der Waals surface area contributed by atoms with Crippen molar-refractivity contribution in [3.8, 4) is 11.4 Å². The Balaban J connectivity index is 1.96. The second kappa shape index (κ2) is 6.28. The molecule has 2 aromatic carbocycles. The predicted octanol–water partition coefficient (Wildman–Crippen LogP) is 4.38. The molecule has 0 unspecified atom stereocenters. The highest BCUT2D eigenvalue weighted by Gasteiger charge is 2.09. The molecule has 0 radical (unpaired) electrons. The van der Waals surface area contributed by atoms with Crippen LogP contribution in [0.5, 0.6) is 0 Å². The van der Waals surface area contributed by atoms with Crippen LogP contribution in [0.3, 0.4) is 0 Å². The molecule has 3 rings (SSSR count). The lowest BCUT2D eigenvalue weighted by molar-refractivity contribution is 0.676. The van der Waals surface area contributed by atoms with Crippen molar-refractivity contribution in [2.75, 3.05) is 6.26 Å². The molecule has 0 spiro atoms. The zero-order valence-electron chi connectivity index (χ0n) is 11.6. The molecular formula is C16H15N3S2. The van der Waals surface area contributed by atoms with E-state index in [1.807, 2.05) is 35.0 Å². The Morgan fingerprint density at radius 2 is 1.81 bits per heavy atom. The predicted molar refractivity (Wildman–Crippen MR) is 90.2 cm³/mol. The molecule has 0 saturated carbocycles. The van der Waals surface area contributed by atoms with Gasteiger partial charge in [0.05, 0.1) is 6.54 Å². The summed E-state index contributed by atoms with van der Waals surface area (Å²) in [6.45, 7) is 0.702. The van der Waals surface area contributed by atoms with Crippen molar-refractivity contribution >= 4 is 24.0 Å². The number of hydrogen-bond donors (Lipinski definition) is 1. The first-order chi connectivity index (χ1) is 10.3. The Morgan fingerprint density at radius 1 is 1.10 bits per heavy atom. The molecule has 0 atom stereocenters. The summed E-state index contributed by atoms with van der Waals surface area (Å²) in [7, 11) is 0. The third kappa shape index (κ3) is 3.09. The molecule has 0 aliphatic carbocycles. The third-order valence-electron chi connectivity index (χ3n) is 3.22. The fourth-order valence-electron chi connectivity index (χ4n) is 2.19. The molecule has 0 amide bonds. The number of H-pyrrole nitrogens is 1. The number of aromatic nitrogens is 3. The van der Waals surface area contributed by atoms with Crippen molar-refractivity contribution < 1.29 is 0 Å². The zero-order valence-corrected chi connectivity index (χ0v) is 13.2. The molecule has 1 N–H and O–H groups in total. The molecule has 1 aromatic heterocycles. The SMILES string of the molecule is CSc1ccccc1-c1nc(=S)n(Cc2ccccc2)[nH]1. The summed E-state index contributed by atoms with van der Waals surface area (Å²) in [5, 5.41) is 3.31. The Labute approximate surface area is 133 Å². The Kier molecular flexibility index (Phi) is 4.22. The topological polar surface area (TPSA) is 33.6 Å². The van der Waals surface area contributed by atoms with E-state index in [0.29, 0.717) is 11.3 Å². The normalized spacial score (nSPS) is 10.7. The van der Waals surface area contributed by atoms with Crippen molar-refractivity contribution in [3.63, 3.8) is 0 Å². The first-order valence-electron chi connectivity index (χ1n) is 6.62. The maximum atomic E-state index is 5.37. The van der Waals surface area contributed by atoms with Crippen LogP contribution in [0.2, 0.25) is 0 Å². The fourth-order valence-corrected chi connectivity index (χ4v) is 2.99. The molecular weight excluding hydrogens is 298 g/mol. The lowest BCUT2D eigenvalue weighted by atomic mass is 10.2. The Bertz CT molecular complexity index is 791. The van der Waals surface area contributed by atoms with Gasteiger partial charge < -0.3 is 0 Å². The Morgan fingerprint density at radius 3 is 2.57 bits per heavy atom. The Hall–Kier alpha value is -1.85. The molecule has 0 fully saturated rings. The number of benzene rings is 2. The molecule has 3 aromatic rings. The van der Waals surface area contributed by atoms with E-state index < -0.39 is 0 Å². The first-order valence-corrected chi connectivity index (χ1v) is 8.25. The summed E-state index contributed by atoms with van der Waals surface area (Å²) in [5.41, 5.74) is 2.28. The minimum Gasteiger partial charge on any atom is -0.279 e. The number of nitrogens with zero attached hydrogens (tertiary/aromatic N) is 2. The monoisotopic (exact) mass is 313 g/mol. The van der Waals surface area contributed by atoms with Gasteiger partial charge in [0.25, 0.3) is 0 Å². The molecule has 0 aliphatic rings. The molecule has 106 valence electrons. The standard InChI is InChI=1S/C16H15N3S2/c1-21-14-10-6-5-9-13(14)15-17-16(20)19(18-15)11-12-7-3-2-4-8-12/h2-10H,11H2,1H3,(H,17,18,20). The van der Waals surface area contributed by atoms with E-state index in [2.05, 4.69) is 40.6 Å². The zero-order chi connectivity index (χ0) is 14.7. The molecule has 0 aliphatic heterocycles. The van der Waals surface area contributed by atoms with Crippen LogP contribution in [0.1, 0.15) is 5.56 Å². The molecule has 0 saturated heterocycles. The van der Waals surface area contributed by atoms with Crippen LogP contribution in [0.4, 0.5) is 0 Å². The van der Waals surface area contributed by atoms with Crippen LogP contribution < -0.4 is 0 Å². The van der Waals surface area contributed by atoms with Crippen LogP contribution in [0.25, 0.3) is 11.4 Å². The van der Waals surface area contributed by atoms with Gasteiger partial charge in [-0.3, -0.25) is 9.78 Å². The van der Waals surface area contributed by atoms with Gasteiger partial charge in [-0.15, -0.1) is 11.8 Å². The van der Waals surface area contributed by atoms with Crippen molar-refractivity contribution in [3.05, 3.63) is 64.9 Å². The highest BCUT2D eigenvalue weighted by Crippen LogP contribution is 2.27. The van der Waals surface area contributed by atoms with Gasteiger partial charge >= 0.3 is 0 Å². The van der Waals surface area contributed by atoms with E-state index in [0.717, 1.165) is 11.4 Å². The molecule has 0 bridgehead atoms. The largest absolute Gasteiger partial charge is 0.279 e. The van der Waals surface area contributed by atoms with Crippen LogP contribution in [-0.4, -0.2) is 21.0 Å². The second-order valence-corrected chi connectivity index (χ2v) is 5.84. The average Bonchev–Trinajstić information content (AvgIpc) is 2.89. The van der Waals surface area contributed by atoms with E-state index in [4.69, 9.17) is 12.2 Å². The van der Waals surface area contributed by atoms with E-state index in [1.54, 1.807) is 11.8 Å². The van der Waals surface area contributed by atoms with E-state index in [1.165, 1.54) is 10.5 Å². The van der Waals surface area contributed by atoms with Gasteiger partial charge in [0, 0.05) is 10.5 Å². The summed E-state index contributed by atoms with van der Waals surface area (Å²) in [4.78, 5) is 5.68.